The molecule has 4 rings (SSSR count). The van der Waals surface area contributed by atoms with Crippen LogP contribution in [0.15, 0.2) is 52.2 Å². The number of nitrogens with one attached hydrogen (secondary N) is 1. The number of hydrazine groups is 1. The summed E-state index contributed by atoms with van der Waals surface area (Å²) in [6, 6.07) is 11.1. The number of imidazole rings is 1. The second-order valence-electron chi connectivity index (χ2n) is 6.88. The van der Waals surface area contributed by atoms with Crippen molar-refractivity contribution in [2.45, 2.75) is 0 Å². The van der Waals surface area contributed by atoms with Gasteiger partial charge in [0.1, 0.15) is 0 Å². The van der Waals surface area contributed by atoms with Gasteiger partial charge in [-0.2, -0.15) is 5.01 Å². The van der Waals surface area contributed by atoms with Crippen LogP contribution in [0.2, 0.25) is 0 Å². The fraction of sp³-hybridized carbons (Fsp3) is 0.100. The smallest absolute Gasteiger partial charge is 0.295 e. The molecule has 162 valence electrons. The number of amides is 2. The van der Waals surface area contributed by atoms with Crippen molar-refractivity contribution in [2.24, 2.45) is 14.1 Å². The van der Waals surface area contributed by atoms with E-state index in [4.69, 9.17) is 12.2 Å². The number of aryl methyl sites for hydroxylation is 2. The summed E-state index contributed by atoms with van der Waals surface area (Å²) in [5, 5.41) is 12.6. The molecule has 0 bridgehead atoms. The molecule has 1 saturated heterocycles. The van der Waals surface area contributed by atoms with E-state index in [1.165, 1.54) is 34.4 Å². The zero-order valence-electron chi connectivity index (χ0n) is 16.8. The van der Waals surface area contributed by atoms with Gasteiger partial charge in [0.2, 0.25) is 0 Å². The van der Waals surface area contributed by atoms with Crippen molar-refractivity contribution in [3.63, 3.8) is 0 Å². The number of nitrogens with zero attached hydrogens (tertiary/aromatic N) is 4. The average molecular weight is 470 g/mol. The lowest BCUT2D eigenvalue weighted by molar-refractivity contribution is -0.385. The predicted octanol–water partition coefficient (Wildman–Crippen LogP) is 2.33. The number of thioether (sulfide) groups is 1. The van der Waals surface area contributed by atoms with Crippen LogP contribution in [0.5, 0.6) is 0 Å². The number of nitro benzene ring substituents is 1. The van der Waals surface area contributed by atoms with Crippen molar-refractivity contribution in [2.75, 3.05) is 0 Å². The van der Waals surface area contributed by atoms with Gasteiger partial charge >= 0.3 is 5.69 Å². The quantitative estimate of drug-likeness (QED) is 0.270. The lowest BCUT2D eigenvalue weighted by Gasteiger charge is -2.15. The summed E-state index contributed by atoms with van der Waals surface area (Å²) in [5.74, 6) is -1.13. The number of aromatic nitrogens is 2. The number of fused-ring (bicyclic) bond motifs is 1. The zero-order chi connectivity index (χ0) is 23.2. The third-order valence-corrected chi connectivity index (χ3v) is 6.25. The van der Waals surface area contributed by atoms with E-state index in [0.29, 0.717) is 16.6 Å². The van der Waals surface area contributed by atoms with Gasteiger partial charge in [0.05, 0.1) is 26.4 Å². The van der Waals surface area contributed by atoms with Gasteiger partial charge in [-0.1, -0.05) is 30.0 Å². The second-order valence-corrected chi connectivity index (χ2v) is 8.56. The van der Waals surface area contributed by atoms with E-state index in [9.17, 15) is 24.5 Å². The molecule has 10 nitrogen and oxygen atoms in total. The van der Waals surface area contributed by atoms with E-state index in [1.807, 2.05) is 0 Å². The highest BCUT2D eigenvalue weighted by Crippen LogP contribution is 2.34. The first-order valence-corrected chi connectivity index (χ1v) is 10.4. The van der Waals surface area contributed by atoms with Gasteiger partial charge in [0.15, 0.2) is 4.32 Å². The SMILES string of the molecule is Cn1c(=O)n(C)c2cc([N+](=O)[O-])c(/C=C3\SC(=S)N(NC(=O)c4ccccc4)C3=O)cc21. The van der Waals surface area contributed by atoms with E-state index in [0.717, 1.165) is 16.8 Å². The maximum atomic E-state index is 12.9. The molecule has 1 N–H and O–H groups in total. The van der Waals surface area contributed by atoms with Crippen molar-refractivity contribution >= 4 is 62.9 Å². The molecule has 0 aliphatic carbocycles. The molecule has 1 fully saturated rings. The largest absolute Gasteiger partial charge is 0.328 e. The van der Waals surface area contributed by atoms with Crippen LogP contribution in [0.25, 0.3) is 17.1 Å². The summed E-state index contributed by atoms with van der Waals surface area (Å²) in [5.41, 5.74) is 3.21. The Balaban J connectivity index is 1.72. The summed E-state index contributed by atoms with van der Waals surface area (Å²) in [7, 11) is 3.08. The molecule has 1 aromatic heterocycles. The number of rotatable bonds is 4. The highest BCUT2D eigenvalue weighted by atomic mass is 32.2. The van der Waals surface area contributed by atoms with Crippen LogP contribution in [-0.2, 0) is 18.9 Å². The lowest BCUT2D eigenvalue weighted by atomic mass is 10.1. The molecular formula is C20H15N5O5S2. The molecular weight excluding hydrogens is 454 g/mol. The molecule has 2 heterocycles. The van der Waals surface area contributed by atoms with E-state index in [-0.39, 0.29) is 26.2 Å². The van der Waals surface area contributed by atoms with Crippen LogP contribution < -0.4 is 11.1 Å². The third kappa shape index (κ3) is 3.59. The summed E-state index contributed by atoms with van der Waals surface area (Å²) in [6.07, 6.45) is 1.34. The van der Waals surface area contributed by atoms with Crippen molar-refractivity contribution in [3.05, 3.63) is 79.1 Å². The minimum atomic E-state index is -0.611. The van der Waals surface area contributed by atoms with Crippen LogP contribution >= 0.6 is 24.0 Å². The molecule has 0 saturated carbocycles. The maximum absolute atomic E-state index is 12.9. The Morgan fingerprint density at radius 3 is 2.38 bits per heavy atom. The van der Waals surface area contributed by atoms with Crippen molar-refractivity contribution < 1.29 is 14.5 Å². The third-order valence-electron chi connectivity index (χ3n) is 4.95. The molecule has 1 aliphatic rings. The van der Waals surface area contributed by atoms with Crippen LogP contribution in [0.3, 0.4) is 0 Å². The molecule has 0 unspecified atom stereocenters. The van der Waals surface area contributed by atoms with Gasteiger partial charge in [-0.05, 0) is 36.5 Å². The Morgan fingerprint density at radius 2 is 1.75 bits per heavy atom. The monoisotopic (exact) mass is 469 g/mol. The van der Waals surface area contributed by atoms with Crippen LogP contribution in [0.1, 0.15) is 15.9 Å². The molecule has 1 aliphatic heterocycles. The minimum absolute atomic E-state index is 0.0846. The average Bonchev–Trinajstić information content (AvgIpc) is 3.15. The molecule has 12 heteroatoms. The Kier molecular flexibility index (Phi) is 5.40. The first-order chi connectivity index (χ1) is 15.2. The maximum Gasteiger partial charge on any atom is 0.328 e. The molecule has 0 radical (unpaired) electrons. The number of carbonyl (C=O) groups is 2. The minimum Gasteiger partial charge on any atom is -0.295 e. The van der Waals surface area contributed by atoms with Gasteiger partial charge in [-0.25, -0.2) is 4.79 Å². The number of benzene rings is 2. The van der Waals surface area contributed by atoms with E-state index >= 15 is 0 Å². The molecule has 2 aromatic carbocycles. The molecule has 0 atom stereocenters. The number of hydrogen-bond donors (Lipinski definition) is 1. The van der Waals surface area contributed by atoms with Gasteiger partial charge in [-0.15, -0.1) is 0 Å². The summed E-state index contributed by atoms with van der Waals surface area (Å²) in [6.45, 7) is 0. The Hall–Kier alpha value is -3.77. The Labute approximate surface area is 190 Å². The number of thiocarbonyl (C=S) groups is 1. The summed E-state index contributed by atoms with van der Waals surface area (Å²) >= 11 is 6.12. The van der Waals surface area contributed by atoms with Gasteiger partial charge in [-0.3, -0.25) is 34.3 Å². The summed E-state index contributed by atoms with van der Waals surface area (Å²) < 4.78 is 2.76. The van der Waals surface area contributed by atoms with Crippen molar-refractivity contribution in [1.29, 1.82) is 0 Å². The van der Waals surface area contributed by atoms with Crippen molar-refractivity contribution in [3.8, 4) is 0 Å². The van der Waals surface area contributed by atoms with Crippen molar-refractivity contribution in [1.82, 2.24) is 19.6 Å². The Morgan fingerprint density at radius 1 is 1.12 bits per heavy atom. The fourth-order valence-corrected chi connectivity index (χ4v) is 4.46. The predicted molar refractivity (Wildman–Crippen MR) is 124 cm³/mol. The van der Waals surface area contributed by atoms with E-state index in [1.54, 1.807) is 37.4 Å². The molecule has 2 amide bonds. The Bertz CT molecular complexity index is 1410. The zero-order valence-corrected chi connectivity index (χ0v) is 18.4. The van der Waals surface area contributed by atoms with E-state index < -0.39 is 16.7 Å². The van der Waals surface area contributed by atoms with E-state index in [2.05, 4.69) is 5.43 Å². The first kappa shape index (κ1) is 21.5. The molecule has 32 heavy (non-hydrogen) atoms. The topological polar surface area (TPSA) is 119 Å². The van der Waals surface area contributed by atoms with Gasteiger partial charge in [0, 0.05) is 25.7 Å². The second kappa shape index (κ2) is 8.05. The standard InChI is InChI=1S/C20H15N5O5S2/c1-22-14-8-12(13(25(29)30)10-15(14)23(2)19(22)28)9-16-18(27)24(20(31)32-16)21-17(26)11-6-4-3-5-7-11/h3-10H,1-2H3,(H,21,26)/b16-9-. The number of carbonyl (C=O) groups excluding carboxylic acids is 2. The lowest BCUT2D eigenvalue weighted by Crippen LogP contribution is -2.44. The number of hydrogen-bond acceptors (Lipinski definition) is 7. The van der Waals surface area contributed by atoms with Gasteiger partial charge < -0.3 is 0 Å². The highest BCUT2D eigenvalue weighted by Gasteiger charge is 2.34. The first-order valence-electron chi connectivity index (χ1n) is 9.17. The van der Waals surface area contributed by atoms with Gasteiger partial charge in [0.25, 0.3) is 17.5 Å². The molecule has 0 spiro atoms. The van der Waals surface area contributed by atoms with Crippen LogP contribution in [0.4, 0.5) is 5.69 Å². The highest BCUT2D eigenvalue weighted by molar-refractivity contribution is 8.26. The number of nitro groups is 1. The van der Waals surface area contributed by atoms with Crippen LogP contribution in [-0.4, -0.2) is 35.2 Å². The normalized spacial score (nSPS) is 15.1. The summed E-state index contributed by atoms with van der Waals surface area (Å²) in [4.78, 5) is 48.6. The van der Waals surface area contributed by atoms with Crippen LogP contribution in [0, 0.1) is 10.1 Å². The fourth-order valence-electron chi connectivity index (χ4n) is 3.28. The molecule has 3 aromatic rings.